The van der Waals surface area contributed by atoms with E-state index in [4.69, 9.17) is 11.6 Å². The Bertz CT molecular complexity index is 593. The van der Waals surface area contributed by atoms with E-state index in [0.29, 0.717) is 0 Å². The molecule has 0 aliphatic heterocycles. The molecule has 0 radical (unpaired) electrons. The Morgan fingerprint density at radius 1 is 1.47 bits per heavy atom. The maximum atomic E-state index is 12.1. The van der Waals surface area contributed by atoms with Crippen molar-refractivity contribution >= 4 is 44.3 Å². The van der Waals surface area contributed by atoms with Gasteiger partial charge < -0.3 is 0 Å². The predicted octanol–water partition coefficient (Wildman–Crippen LogP) is 2.07. The molecule has 2 aromatic heterocycles. The Labute approximate surface area is 112 Å². The van der Waals surface area contributed by atoms with Crippen molar-refractivity contribution in [3.63, 3.8) is 0 Å². The zero-order valence-corrected chi connectivity index (χ0v) is 11.9. The molecule has 0 bridgehead atoms. The number of thiazole rings is 2. The van der Waals surface area contributed by atoms with Crippen LogP contribution in [0.1, 0.15) is 5.69 Å². The van der Waals surface area contributed by atoms with Gasteiger partial charge in [-0.3, -0.25) is 0 Å². The Balaban J connectivity index is 2.21. The van der Waals surface area contributed by atoms with Crippen LogP contribution < -0.4 is 0 Å². The van der Waals surface area contributed by atoms with E-state index in [1.165, 1.54) is 28.9 Å². The Morgan fingerprint density at radius 2 is 2.24 bits per heavy atom. The van der Waals surface area contributed by atoms with Gasteiger partial charge in [0.25, 0.3) is 10.0 Å². The molecule has 0 spiro atoms. The highest BCUT2D eigenvalue weighted by atomic mass is 35.5. The first-order valence-corrected chi connectivity index (χ1v) is 8.02. The highest BCUT2D eigenvalue weighted by Gasteiger charge is 2.23. The van der Waals surface area contributed by atoms with E-state index in [1.54, 1.807) is 5.51 Å². The van der Waals surface area contributed by atoms with Crippen LogP contribution in [-0.2, 0) is 16.6 Å². The highest BCUT2D eigenvalue weighted by Crippen LogP contribution is 2.25. The van der Waals surface area contributed by atoms with E-state index in [2.05, 4.69) is 9.97 Å². The molecule has 0 saturated carbocycles. The van der Waals surface area contributed by atoms with Gasteiger partial charge in [-0.25, -0.2) is 18.4 Å². The van der Waals surface area contributed by atoms with Crippen LogP contribution >= 0.6 is 34.3 Å². The molecule has 0 amide bonds. The lowest BCUT2D eigenvalue weighted by atomic mass is 10.5. The summed E-state index contributed by atoms with van der Waals surface area (Å²) in [6.45, 7) is 0.237. The lowest BCUT2D eigenvalue weighted by Gasteiger charge is -2.13. The highest BCUT2D eigenvalue weighted by molar-refractivity contribution is 7.91. The molecule has 0 N–H and O–H groups in total. The minimum Gasteiger partial charge on any atom is -0.248 e. The lowest BCUT2D eigenvalue weighted by Crippen LogP contribution is -2.25. The molecule has 0 aliphatic carbocycles. The number of rotatable bonds is 4. The largest absolute Gasteiger partial charge is 0.254 e. The minimum absolute atomic E-state index is 0.139. The second kappa shape index (κ2) is 4.99. The molecular formula is C8H8ClN3O2S3. The fraction of sp³-hybridized carbons (Fsp3) is 0.250. The van der Waals surface area contributed by atoms with Crippen molar-refractivity contribution in [1.82, 2.24) is 14.3 Å². The number of nitrogens with zero attached hydrogens (tertiary/aromatic N) is 3. The van der Waals surface area contributed by atoms with Gasteiger partial charge in [-0.05, 0) is 0 Å². The third-order valence-corrected chi connectivity index (χ3v) is 5.98. The van der Waals surface area contributed by atoms with Crippen LogP contribution in [-0.4, -0.2) is 29.7 Å². The topological polar surface area (TPSA) is 63.2 Å². The van der Waals surface area contributed by atoms with E-state index >= 15 is 0 Å². The van der Waals surface area contributed by atoms with Crippen LogP contribution in [0.5, 0.6) is 0 Å². The molecular weight excluding hydrogens is 302 g/mol. The van der Waals surface area contributed by atoms with Gasteiger partial charge in [0, 0.05) is 12.4 Å². The van der Waals surface area contributed by atoms with Crippen LogP contribution in [0.3, 0.4) is 0 Å². The average molecular weight is 310 g/mol. The molecule has 0 unspecified atom stereocenters. The fourth-order valence-electron chi connectivity index (χ4n) is 1.14. The molecule has 0 aromatic carbocycles. The predicted molar refractivity (Wildman–Crippen MR) is 67.9 cm³/mol. The normalized spacial score (nSPS) is 12.2. The quantitative estimate of drug-likeness (QED) is 0.867. The van der Waals surface area contributed by atoms with Gasteiger partial charge in [-0.15, -0.1) is 11.3 Å². The summed E-state index contributed by atoms with van der Waals surface area (Å²) in [6.07, 6.45) is 1.26. The first-order valence-electron chi connectivity index (χ1n) is 4.45. The van der Waals surface area contributed by atoms with Crippen molar-refractivity contribution in [2.75, 3.05) is 7.05 Å². The molecule has 2 rings (SSSR count). The van der Waals surface area contributed by atoms with Crippen molar-refractivity contribution in [3.05, 3.63) is 27.2 Å². The second-order valence-electron chi connectivity index (χ2n) is 3.17. The van der Waals surface area contributed by atoms with E-state index < -0.39 is 10.0 Å². The molecule has 0 saturated heterocycles. The minimum atomic E-state index is -3.52. The molecule has 0 atom stereocenters. The van der Waals surface area contributed by atoms with Gasteiger partial charge >= 0.3 is 0 Å². The van der Waals surface area contributed by atoms with Crippen molar-refractivity contribution < 1.29 is 8.42 Å². The Morgan fingerprint density at radius 3 is 2.76 bits per heavy atom. The van der Waals surface area contributed by atoms with Crippen molar-refractivity contribution in [2.24, 2.45) is 0 Å². The maximum Gasteiger partial charge on any atom is 0.254 e. The molecule has 9 heteroatoms. The van der Waals surface area contributed by atoms with Gasteiger partial charge in [0.1, 0.15) is 0 Å². The third-order valence-electron chi connectivity index (χ3n) is 1.99. The molecule has 92 valence electrons. The summed E-state index contributed by atoms with van der Waals surface area (Å²) in [4.78, 5) is 7.77. The summed E-state index contributed by atoms with van der Waals surface area (Å²) in [5, 5.41) is 1.81. The zero-order chi connectivity index (χ0) is 12.5. The standard InChI is InChI=1S/C8H8ClN3O2S3/c1-12(3-6-4-15-5-11-6)17(13,14)7-2-10-8(9)16-7/h2,4-5H,3H2,1H3. The molecule has 2 heterocycles. The van der Waals surface area contributed by atoms with Gasteiger partial charge in [-0.2, -0.15) is 4.31 Å². The molecule has 2 aromatic rings. The fourth-order valence-corrected chi connectivity index (χ4v) is 4.34. The zero-order valence-electron chi connectivity index (χ0n) is 8.70. The number of aromatic nitrogens is 2. The van der Waals surface area contributed by atoms with E-state index in [-0.39, 0.29) is 15.2 Å². The number of halogens is 1. The smallest absolute Gasteiger partial charge is 0.248 e. The lowest BCUT2D eigenvalue weighted by molar-refractivity contribution is 0.464. The average Bonchev–Trinajstić information content (AvgIpc) is 2.89. The van der Waals surface area contributed by atoms with Crippen LogP contribution in [0, 0.1) is 0 Å². The molecule has 17 heavy (non-hydrogen) atoms. The van der Waals surface area contributed by atoms with Crippen molar-refractivity contribution in [3.8, 4) is 0 Å². The van der Waals surface area contributed by atoms with Crippen molar-refractivity contribution in [1.29, 1.82) is 0 Å². The summed E-state index contributed by atoms with van der Waals surface area (Å²) in [6, 6.07) is 0. The summed E-state index contributed by atoms with van der Waals surface area (Å²) in [5.41, 5.74) is 2.39. The van der Waals surface area contributed by atoms with E-state index in [1.807, 2.05) is 5.38 Å². The van der Waals surface area contributed by atoms with Gasteiger partial charge in [0.05, 0.1) is 23.9 Å². The van der Waals surface area contributed by atoms with Crippen LogP contribution in [0.25, 0.3) is 0 Å². The van der Waals surface area contributed by atoms with Gasteiger partial charge in [0.2, 0.25) is 0 Å². The van der Waals surface area contributed by atoms with Gasteiger partial charge in [0.15, 0.2) is 8.68 Å². The number of hydrogen-bond acceptors (Lipinski definition) is 6. The summed E-state index contributed by atoms with van der Waals surface area (Å²) >= 11 is 8.00. The monoisotopic (exact) mass is 309 g/mol. The Kier molecular flexibility index (Phi) is 3.79. The number of sulfonamides is 1. The number of hydrogen-bond donors (Lipinski definition) is 0. The Hall–Kier alpha value is -0.540. The van der Waals surface area contributed by atoms with Crippen LogP contribution in [0.15, 0.2) is 21.3 Å². The maximum absolute atomic E-state index is 12.1. The van der Waals surface area contributed by atoms with E-state index in [0.717, 1.165) is 17.0 Å². The summed E-state index contributed by atoms with van der Waals surface area (Å²) in [7, 11) is -2.02. The first-order chi connectivity index (χ1) is 8.00. The third kappa shape index (κ3) is 2.83. The summed E-state index contributed by atoms with van der Waals surface area (Å²) in [5.74, 6) is 0. The van der Waals surface area contributed by atoms with E-state index in [9.17, 15) is 8.42 Å². The van der Waals surface area contributed by atoms with Crippen molar-refractivity contribution in [2.45, 2.75) is 10.8 Å². The second-order valence-corrected chi connectivity index (χ2v) is 7.78. The SMILES string of the molecule is CN(Cc1cscn1)S(=O)(=O)c1cnc(Cl)s1. The molecule has 0 aliphatic rings. The van der Waals surface area contributed by atoms with Crippen LogP contribution in [0.4, 0.5) is 0 Å². The molecule has 5 nitrogen and oxygen atoms in total. The van der Waals surface area contributed by atoms with Gasteiger partial charge in [-0.1, -0.05) is 22.9 Å². The molecule has 0 fully saturated rings. The van der Waals surface area contributed by atoms with Crippen LogP contribution in [0.2, 0.25) is 4.47 Å². The summed E-state index contributed by atoms with van der Waals surface area (Å²) < 4.78 is 25.8. The first kappa shape index (κ1) is 12.9.